The van der Waals surface area contributed by atoms with Crippen LogP contribution in [0, 0.1) is 5.41 Å². The van der Waals surface area contributed by atoms with Crippen molar-refractivity contribution in [2.45, 2.75) is 53.9 Å². The molecule has 0 atom stereocenters. The maximum absolute atomic E-state index is 12.5. The predicted molar refractivity (Wildman–Crippen MR) is 113 cm³/mol. The zero-order chi connectivity index (χ0) is 19.2. The summed E-state index contributed by atoms with van der Waals surface area (Å²) >= 11 is 0. The molecule has 2 aromatic carbocycles. The van der Waals surface area contributed by atoms with Crippen molar-refractivity contribution in [1.82, 2.24) is 0 Å². The van der Waals surface area contributed by atoms with E-state index in [4.69, 9.17) is 0 Å². The zero-order valence-electron chi connectivity index (χ0n) is 16.7. The number of aryl methyl sites for hydroxylation is 1. The van der Waals surface area contributed by atoms with Crippen molar-refractivity contribution in [2.75, 3.05) is 5.32 Å². The first-order chi connectivity index (χ1) is 12.3. The Hall–Kier alpha value is -2.35. The van der Waals surface area contributed by atoms with Crippen LogP contribution in [0.25, 0.3) is 5.57 Å². The van der Waals surface area contributed by atoms with E-state index < -0.39 is 0 Å². The van der Waals surface area contributed by atoms with Gasteiger partial charge in [-0.3, -0.25) is 4.79 Å². The number of nitrogens with one attached hydrogen (secondary N) is 1. The Balaban J connectivity index is 2.03. The second kappa shape index (κ2) is 8.84. The first-order valence-electron chi connectivity index (χ1n) is 9.48. The molecule has 0 fully saturated rings. The van der Waals surface area contributed by atoms with E-state index in [9.17, 15) is 4.79 Å². The predicted octanol–water partition coefficient (Wildman–Crippen LogP) is 6.73. The SMILES string of the molecule is CCCCc1ccc(NC(=O)c2ccc(C(C)=CC(C)(C)C)cc2)cc1. The number of unbranched alkanes of at least 4 members (excludes halogenated alkanes) is 1. The summed E-state index contributed by atoms with van der Waals surface area (Å²) in [5, 5.41) is 2.97. The molecule has 138 valence electrons. The topological polar surface area (TPSA) is 29.1 Å². The number of carbonyl (C=O) groups is 1. The molecule has 2 nitrogen and oxygen atoms in total. The molecule has 26 heavy (non-hydrogen) atoms. The average molecular weight is 350 g/mol. The van der Waals surface area contributed by atoms with Crippen LogP contribution in [-0.4, -0.2) is 5.91 Å². The second-order valence-corrected chi connectivity index (χ2v) is 8.03. The van der Waals surface area contributed by atoms with E-state index in [0.717, 1.165) is 17.7 Å². The molecular weight excluding hydrogens is 318 g/mol. The lowest BCUT2D eigenvalue weighted by Gasteiger charge is -2.14. The molecule has 0 radical (unpaired) electrons. The van der Waals surface area contributed by atoms with Crippen molar-refractivity contribution in [1.29, 1.82) is 0 Å². The highest BCUT2D eigenvalue weighted by atomic mass is 16.1. The summed E-state index contributed by atoms with van der Waals surface area (Å²) in [5.41, 5.74) is 5.35. The van der Waals surface area contributed by atoms with Crippen LogP contribution in [0.5, 0.6) is 0 Å². The molecular formula is C24H31NO. The third-order valence-electron chi connectivity index (χ3n) is 4.28. The zero-order valence-corrected chi connectivity index (χ0v) is 16.7. The van der Waals surface area contributed by atoms with Gasteiger partial charge in [0.1, 0.15) is 0 Å². The van der Waals surface area contributed by atoms with Gasteiger partial charge in [0.05, 0.1) is 0 Å². The largest absolute Gasteiger partial charge is 0.322 e. The molecule has 2 rings (SSSR count). The van der Waals surface area contributed by atoms with Crippen molar-refractivity contribution < 1.29 is 4.79 Å². The lowest BCUT2D eigenvalue weighted by Crippen LogP contribution is -2.11. The van der Waals surface area contributed by atoms with Crippen molar-refractivity contribution in [3.8, 4) is 0 Å². The van der Waals surface area contributed by atoms with E-state index in [1.54, 1.807) is 0 Å². The summed E-state index contributed by atoms with van der Waals surface area (Å²) < 4.78 is 0. The van der Waals surface area contributed by atoms with Crippen LogP contribution in [0.4, 0.5) is 5.69 Å². The van der Waals surface area contributed by atoms with Crippen molar-refractivity contribution >= 4 is 17.2 Å². The summed E-state index contributed by atoms with van der Waals surface area (Å²) in [7, 11) is 0. The third kappa shape index (κ3) is 6.18. The Labute approximate surface area is 158 Å². The molecule has 0 aromatic heterocycles. The summed E-state index contributed by atoms with van der Waals surface area (Å²) in [6, 6.07) is 16.0. The number of rotatable bonds is 6. The van der Waals surface area contributed by atoms with Crippen LogP contribution in [0.1, 0.15) is 68.9 Å². The number of benzene rings is 2. The smallest absolute Gasteiger partial charge is 0.255 e. The molecule has 0 bridgehead atoms. The summed E-state index contributed by atoms with van der Waals surface area (Å²) in [6.45, 7) is 10.9. The van der Waals surface area contributed by atoms with Gasteiger partial charge in [0.25, 0.3) is 5.91 Å². The van der Waals surface area contributed by atoms with Gasteiger partial charge in [0.2, 0.25) is 0 Å². The average Bonchev–Trinajstić information content (AvgIpc) is 2.60. The standard InChI is InChI=1S/C24H31NO/c1-6-7-8-19-9-15-22(16-10-19)25-23(26)21-13-11-20(12-14-21)18(2)17-24(3,4)5/h9-17H,6-8H2,1-5H3,(H,25,26). The van der Waals surface area contributed by atoms with Crippen LogP contribution < -0.4 is 5.32 Å². The minimum atomic E-state index is -0.0738. The van der Waals surface area contributed by atoms with Gasteiger partial charge in [-0.05, 0) is 66.1 Å². The molecule has 0 saturated heterocycles. The maximum Gasteiger partial charge on any atom is 0.255 e. The highest BCUT2D eigenvalue weighted by Crippen LogP contribution is 2.23. The molecule has 0 spiro atoms. The minimum absolute atomic E-state index is 0.0738. The number of carbonyl (C=O) groups excluding carboxylic acids is 1. The number of hydrogen-bond donors (Lipinski definition) is 1. The molecule has 1 amide bonds. The van der Waals surface area contributed by atoms with Gasteiger partial charge in [0, 0.05) is 11.3 Å². The fraction of sp³-hybridized carbons (Fsp3) is 0.375. The first kappa shape index (κ1) is 20.0. The van der Waals surface area contributed by atoms with Gasteiger partial charge in [-0.15, -0.1) is 0 Å². The van der Waals surface area contributed by atoms with Crippen LogP contribution in [-0.2, 0) is 6.42 Å². The normalized spacial score (nSPS) is 12.1. The van der Waals surface area contributed by atoms with E-state index in [2.05, 4.69) is 58.1 Å². The van der Waals surface area contributed by atoms with Crippen molar-refractivity contribution in [3.05, 3.63) is 71.3 Å². The Morgan fingerprint density at radius 1 is 0.962 bits per heavy atom. The molecule has 0 aliphatic heterocycles. The fourth-order valence-electron chi connectivity index (χ4n) is 2.96. The molecule has 2 aromatic rings. The Kier molecular flexibility index (Phi) is 6.79. The van der Waals surface area contributed by atoms with Gasteiger partial charge < -0.3 is 5.32 Å². The number of hydrogen-bond acceptors (Lipinski definition) is 1. The number of allylic oxidation sites excluding steroid dienone is 2. The van der Waals surface area contributed by atoms with Crippen molar-refractivity contribution in [2.24, 2.45) is 5.41 Å². The van der Waals surface area contributed by atoms with E-state index in [1.807, 2.05) is 36.4 Å². The van der Waals surface area contributed by atoms with Crippen LogP contribution in [0.3, 0.4) is 0 Å². The maximum atomic E-state index is 12.5. The number of amides is 1. The van der Waals surface area contributed by atoms with Crippen molar-refractivity contribution in [3.63, 3.8) is 0 Å². The molecule has 1 N–H and O–H groups in total. The quantitative estimate of drug-likeness (QED) is 0.615. The lowest BCUT2D eigenvalue weighted by molar-refractivity contribution is 0.102. The van der Waals surface area contributed by atoms with Gasteiger partial charge >= 0.3 is 0 Å². The Morgan fingerprint density at radius 3 is 2.08 bits per heavy atom. The third-order valence-corrected chi connectivity index (χ3v) is 4.28. The van der Waals surface area contributed by atoms with Crippen LogP contribution in [0.15, 0.2) is 54.6 Å². The molecule has 0 heterocycles. The highest BCUT2D eigenvalue weighted by Gasteiger charge is 2.09. The van der Waals surface area contributed by atoms with Crippen LogP contribution >= 0.6 is 0 Å². The van der Waals surface area contributed by atoms with Crippen LogP contribution in [0.2, 0.25) is 0 Å². The molecule has 0 saturated carbocycles. The van der Waals surface area contributed by atoms with Gasteiger partial charge in [0.15, 0.2) is 0 Å². The highest BCUT2D eigenvalue weighted by molar-refractivity contribution is 6.04. The second-order valence-electron chi connectivity index (χ2n) is 8.03. The fourth-order valence-corrected chi connectivity index (χ4v) is 2.96. The van der Waals surface area contributed by atoms with Gasteiger partial charge in [-0.25, -0.2) is 0 Å². The van der Waals surface area contributed by atoms with E-state index >= 15 is 0 Å². The first-order valence-corrected chi connectivity index (χ1v) is 9.48. The molecule has 0 aliphatic rings. The van der Waals surface area contributed by atoms with Gasteiger partial charge in [-0.1, -0.05) is 64.5 Å². The molecule has 2 heteroatoms. The Morgan fingerprint density at radius 2 is 1.54 bits per heavy atom. The monoisotopic (exact) mass is 349 g/mol. The van der Waals surface area contributed by atoms with E-state index in [1.165, 1.54) is 24.0 Å². The van der Waals surface area contributed by atoms with Gasteiger partial charge in [-0.2, -0.15) is 0 Å². The summed E-state index contributed by atoms with van der Waals surface area (Å²) in [6.07, 6.45) is 5.73. The van der Waals surface area contributed by atoms with E-state index in [-0.39, 0.29) is 11.3 Å². The van der Waals surface area contributed by atoms with E-state index in [0.29, 0.717) is 5.56 Å². The molecule has 0 unspecified atom stereocenters. The minimum Gasteiger partial charge on any atom is -0.322 e. The number of anilines is 1. The summed E-state index contributed by atoms with van der Waals surface area (Å²) in [5.74, 6) is -0.0738. The molecule has 0 aliphatic carbocycles. The summed E-state index contributed by atoms with van der Waals surface area (Å²) in [4.78, 5) is 12.5. The lowest BCUT2D eigenvalue weighted by atomic mass is 9.91. The Bertz CT molecular complexity index is 746.